The zero-order chi connectivity index (χ0) is 22.9. The van der Waals surface area contributed by atoms with Crippen LogP contribution in [0.25, 0.3) is 31.6 Å². The molecule has 0 unspecified atom stereocenters. The molecule has 6 nitrogen and oxygen atoms in total. The Morgan fingerprint density at radius 3 is 2.73 bits per heavy atom. The Balaban J connectivity index is 1.55. The van der Waals surface area contributed by atoms with Crippen LogP contribution in [0.15, 0.2) is 82.0 Å². The number of benzene rings is 2. The van der Waals surface area contributed by atoms with Crippen molar-refractivity contribution in [1.82, 2.24) is 19.5 Å². The molecule has 3 heterocycles. The third-order valence-corrected chi connectivity index (χ3v) is 7.44. The Morgan fingerprint density at radius 1 is 1.12 bits per heavy atom. The van der Waals surface area contributed by atoms with Crippen LogP contribution in [0.3, 0.4) is 0 Å². The first-order valence-corrected chi connectivity index (χ1v) is 12.2. The summed E-state index contributed by atoms with van der Waals surface area (Å²) >= 11 is 2.82. The van der Waals surface area contributed by atoms with Crippen LogP contribution in [-0.4, -0.2) is 19.5 Å². The van der Waals surface area contributed by atoms with E-state index in [9.17, 15) is 9.59 Å². The van der Waals surface area contributed by atoms with Gasteiger partial charge < -0.3 is 4.98 Å². The monoisotopic (exact) mass is 472 g/mol. The van der Waals surface area contributed by atoms with Gasteiger partial charge in [-0.25, -0.2) is 9.97 Å². The van der Waals surface area contributed by atoms with E-state index in [-0.39, 0.29) is 11.1 Å². The summed E-state index contributed by atoms with van der Waals surface area (Å²) in [7, 11) is 0. The van der Waals surface area contributed by atoms with Gasteiger partial charge in [0.05, 0.1) is 22.2 Å². The standard InChI is InChI=1S/C25H20N4O2S2/c1-3-12-29-24(31)22-18(13-19(33-22)16-9-5-4-6-10-16)26-25(29)32-14-20-27-21-15(2)8-7-11-17(21)23(30)28-20/h3-11,13H,1,12,14H2,2H3,(H,27,28,30). The second kappa shape index (κ2) is 8.80. The summed E-state index contributed by atoms with van der Waals surface area (Å²) in [5.41, 5.74) is 3.09. The zero-order valence-electron chi connectivity index (χ0n) is 17.9. The number of hydrogen-bond acceptors (Lipinski definition) is 6. The van der Waals surface area contributed by atoms with Crippen molar-refractivity contribution in [3.63, 3.8) is 0 Å². The maximum atomic E-state index is 13.3. The number of thiophene rings is 1. The van der Waals surface area contributed by atoms with Crippen molar-refractivity contribution in [1.29, 1.82) is 0 Å². The number of nitrogens with zero attached hydrogens (tertiary/aromatic N) is 3. The second-order valence-corrected chi connectivity index (χ2v) is 9.56. The van der Waals surface area contributed by atoms with E-state index in [1.54, 1.807) is 16.7 Å². The number of hydrogen-bond donors (Lipinski definition) is 1. The van der Waals surface area contributed by atoms with Gasteiger partial charge in [0.25, 0.3) is 11.1 Å². The van der Waals surface area contributed by atoms with Crippen molar-refractivity contribution in [3.05, 3.63) is 99.3 Å². The normalized spacial score (nSPS) is 11.3. The van der Waals surface area contributed by atoms with Gasteiger partial charge >= 0.3 is 0 Å². The Hall–Kier alpha value is -3.49. The number of aromatic nitrogens is 4. The Kier molecular flexibility index (Phi) is 5.70. The third-order valence-electron chi connectivity index (χ3n) is 5.29. The molecule has 3 aromatic heterocycles. The molecule has 0 spiro atoms. The van der Waals surface area contributed by atoms with E-state index in [1.807, 2.05) is 55.5 Å². The van der Waals surface area contributed by atoms with E-state index in [0.717, 1.165) is 16.0 Å². The van der Waals surface area contributed by atoms with E-state index in [0.29, 0.717) is 44.4 Å². The van der Waals surface area contributed by atoms with Crippen LogP contribution in [0.4, 0.5) is 0 Å². The maximum Gasteiger partial charge on any atom is 0.272 e. The molecule has 0 aliphatic heterocycles. The molecule has 0 aliphatic rings. The van der Waals surface area contributed by atoms with E-state index in [4.69, 9.17) is 4.98 Å². The fourth-order valence-corrected chi connectivity index (χ4v) is 5.62. The lowest BCUT2D eigenvalue weighted by molar-refractivity contribution is 0.672. The predicted molar refractivity (Wildman–Crippen MR) is 136 cm³/mol. The molecule has 8 heteroatoms. The van der Waals surface area contributed by atoms with Gasteiger partial charge in [-0.05, 0) is 30.2 Å². The molecule has 5 aromatic rings. The van der Waals surface area contributed by atoms with Crippen molar-refractivity contribution in [3.8, 4) is 10.4 Å². The molecule has 164 valence electrons. The second-order valence-electron chi connectivity index (χ2n) is 7.56. The molecule has 33 heavy (non-hydrogen) atoms. The number of nitrogens with one attached hydrogen (secondary N) is 1. The molecule has 0 bridgehead atoms. The van der Waals surface area contributed by atoms with Gasteiger partial charge in [0.1, 0.15) is 10.5 Å². The molecule has 0 saturated carbocycles. The minimum absolute atomic E-state index is 0.0922. The molecular weight excluding hydrogens is 452 g/mol. The Bertz CT molecular complexity index is 1620. The number of aryl methyl sites for hydroxylation is 1. The lowest BCUT2D eigenvalue weighted by atomic mass is 10.1. The molecule has 0 aliphatic carbocycles. The highest BCUT2D eigenvalue weighted by atomic mass is 32.2. The van der Waals surface area contributed by atoms with Gasteiger partial charge in [-0.1, -0.05) is 60.3 Å². The van der Waals surface area contributed by atoms with E-state index in [2.05, 4.69) is 16.5 Å². The molecule has 0 amide bonds. The number of thioether (sulfide) groups is 1. The number of H-pyrrole nitrogens is 1. The van der Waals surface area contributed by atoms with E-state index in [1.165, 1.54) is 23.1 Å². The average Bonchev–Trinajstić information content (AvgIpc) is 3.26. The first-order chi connectivity index (χ1) is 16.0. The van der Waals surface area contributed by atoms with Crippen molar-refractivity contribution < 1.29 is 0 Å². The topological polar surface area (TPSA) is 80.6 Å². The van der Waals surface area contributed by atoms with Gasteiger partial charge in [0.15, 0.2) is 5.16 Å². The minimum Gasteiger partial charge on any atom is -0.309 e. The SMILES string of the molecule is C=CCn1c(SCc2nc3c(C)cccc3c(=O)[nH]2)nc2cc(-c3ccccc3)sc2c1=O. The van der Waals surface area contributed by atoms with E-state index < -0.39 is 0 Å². The highest BCUT2D eigenvalue weighted by Gasteiger charge is 2.16. The number of fused-ring (bicyclic) bond motifs is 2. The van der Waals surface area contributed by atoms with Crippen LogP contribution < -0.4 is 11.1 Å². The molecule has 0 radical (unpaired) electrons. The highest BCUT2D eigenvalue weighted by molar-refractivity contribution is 7.98. The summed E-state index contributed by atoms with van der Waals surface area (Å²) in [6.07, 6.45) is 1.68. The fourth-order valence-electron chi connectivity index (χ4n) is 3.69. The van der Waals surface area contributed by atoms with Crippen molar-refractivity contribution in [2.24, 2.45) is 0 Å². The fraction of sp³-hybridized carbons (Fsp3) is 0.120. The number of aromatic amines is 1. The van der Waals surface area contributed by atoms with Gasteiger partial charge in [0, 0.05) is 11.4 Å². The number of rotatable bonds is 6. The largest absolute Gasteiger partial charge is 0.309 e. The molecule has 0 atom stereocenters. The van der Waals surface area contributed by atoms with Gasteiger partial charge in [0.2, 0.25) is 0 Å². The first-order valence-electron chi connectivity index (χ1n) is 10.4. The predicted octanol–water partition coefficient (Wildman–Crippen LogP) is 5.15. The summed E-state index contributed by atoms with van der Waals surface area (Å²) in [5.74, 6) is 0.922. The smallest absolute Gasteiger partial charge is 0.272 e. The highest BCUT2D eigenvalue weighted by Crippen LogP contribution is 2.32. The zero-order valence-corrected chi connectivity index (χ0v) is 19.5. The van der Waals surface area contributed by atoms with Crippen LogP contribution in [-0.2, 0) is 12.3 Å². The molecular formula is C25H20N4O2S2. The quantitative estimate of drug-likeness (QED) is 0.210. The Morgan fingerprint density at radius 2 is 1.94 bits per heavy atom. The number of para-hydroxylation sites is 1. The average molecular weight is 473 g/mol. The lowest BCUT2D eigenvalue weighted by Crippen LogP contribution is -2.22. The van der Waals surface area contributed by atoms with Crippen LogP contribution in [0, 0.1) is 6.92 Å². The Labute approximate surface area is 197 Å². The first kappa shape index (κ1) is 21.4. The van der Waals surface area contributed by atoms with Crippen molar-refractivity contribution in [2.75, 3.05) is 0 Å². The van der Waals surface area contributed by atoms with Gasteiger partial charge in [-0.3, -0.25) is 14.2 Å². The van der Waals surface area contributed by atoms with Crippen LogP contribution in [0.1, 0.15) is 11.4 Å². The maximum absolute atomic E-state index is 13.3. The molecule has 0 saturated heterocycles. The minimum atomic E-state index is -0.170. The molecule has 5 rings (SSSR count). The van der Waals surface area contributed by atoms with Gasteiger partial charge in [-0.2, -0.15) is 0 Å². The van der Waals surface area contributed by atoms with Crippen molar-refractivity contribution in [2.45, 2.75) is 24.4 Å². The third kappa shape index (κ3) is 4.03. The summed E-state index contributed by atoms with van der Waals surface area (Å²) in [4.78, 5) is 39.1. The van der Waals surface area contributed by atoms with Crippen LogP contribution in [0.5, 0.6) is 0 Å². The van der Waals surface area contributed by atoms with E-state index >= 15 is 0 Å². The van der Waals surface area contributed by atoms with Gasteiger partial charge in [-0.15, -0.1) is 17.9 Å². The summed E-state index contributed by atoms with van der Waals surface area (Å²) < 4.78 is 2.24. The molecule has 0 fully saturated rings. The van der Waals surface area contributed by atoms with Crippen molar-refractivity contribution >= 4 is 44.2 Å². The number of allylic oxidation sites excluding steroid dienone is 1. The summed E-state index contributed by atoms with van der Waals surface area (Å²) in [6.45, 7) is 6.08. The lowest BCUT2D eigenvalue weighted by Gasteiger charge is -2.10. The summed E-state index contributed by atoms with van der Waals surface area (Å²) in [5, 5.41) is 1.14. The van der Waals surface area contributed by atoms with Crippen LogP contribution >= 0.6 is 23.1 Å². The summed E-state index contributed by atoms with van der Waals surface area (Å²) in [6, 6.07) is 17.5. The van der Waals surface area contributed by atoms with Crippen LogP contribution in [0.2, 0.25) is 0 Å². The molecule has 2 aromatic carbocycles. The molecule has 1 N–H and O–H groups in total.